The average molecular weight is 677 g/mol. The molecule has 0 bridgehead atoms. The second-order valence-electron chi connectivity index (χ2n) is 8.09. The summed E-state index contributed by atoms with van der Waals surface area (Å²) in [5.74, 6) is 0. The number of aryl methyl sites for hydroxylation is 4. The molecule has 2 nitrogen and oxygen atoms in total. The minimum Gasteiger partial charge on any atom is -1.00 e. The summed E-state index contributed by atoms with van der Waals surface area (Å²) in [6.07, 6.45) is 16.4. The topological polar surface area (TPSA) is 7.76 Å². The number of thiazole rings is 2. The Bertz CT molecular complexity index is 625. The van der Waals surface area contributed by atoms with Crippen molar-refractivity contribution < 1.29 is 57.1 Å². The molecule has 0 aliphatic rings. The third kappa shape index (κ3) is 10.6. The Balaban J connectivity index is 0.00000420. The molecule has 0 radical (unpaired) electrons. The molecule has 0 aromatic carbocycles. The lowest BCUT2D eigenvalue weighted by atomic mass is 10.1. The van der Waals surface area contributed by atoms with E-state index < -0.39 is 0 Å². The lowest BCUT2D eigenvalue weighted by Crippen LogP contribution is -3.00. The highest BCUT2D eigenvalue weighted by atomic mass is 127. The minimum atomic E-state index is 0. The Kier molecular flexibility index (Phi) is 18.6. The third-order valence-corrected chi connectivity index (χ3v) is 8.46. The number of nitrogens with zero attached hydrogens (tertiary/aromatic N) is 2. The highest BCUT2D eigenvalue weighted by Gasteiger charge is 2.13. The predicted molar refractivity (Wildman–Crippen MR) is 123 cm³/mol. The molecule has 0 saturated carbocycles. The molecule has 0 atom stereocenters. The summed E-state index contributed by atoms with van der Waals surface area (Å²) in [5.41, 5.74) is 7.61. The van der Waals surface area contributed by atoms with Gasteiger partial charge in [0.25, 0.3) is 0 Å². The van der Waals surface area contributed by atoms with Crippen LogP contribution in [0, 0.1) is 13.8 Å². The number of hydrogen-bond donors (Lipinski definition) is 0. The highest BCUT2D eigenvalue weighted by molar-refractivity contribution is 7.09. The van der Waals surface area contributed by atoms with Crippen LogP contribution in [0.3, 0.4) is 0 Å². The first-order valence-corrected chi connectivity index (χ1v) is 13.4. The fraction of sp³-hybridized carbons (Fsp3) is 0.750. The van der Waals surface area contributed by atoms with Gasteiger partial charge in [-0.1, -0.05) is 75.0 Å². The smallest absolute Gasteiger partial charge is 0.225 e. The third-order valence-electron chi connectivity index (χ3n) is 6.00. The number of aromatic nitrogens is 2. The summed E-state index contributed by atoms with van der Waals surface area (Å²) >= 11 is 3.85. The van der Waals surface area contributed by atoms with E-state index in [1.165, 1.54) is 102 Å². The van der Waals surface area contributed by atoms with Gasteiger partial charge >= 0.3 is 0 Å². The lowest BCUT2D eigenvalue weighted by Gasteiger charge is -2.02. The zero-order valence-corrected chi connectivity index (χ0v) is 25.5. The maximum absolute atomic E-state index is 2.46. The summed E-state index contributed by atoms with van der Waals surface area (Å²) in [7, 11) is 0. The molecule has 174 valence electrons. The molecule has 0 saturated heterocycles. The highest BCUT2D eigenvalue weighted by Crippen LogP contribution is 2.14. The van der Waals surface area contributed by atoms with Crippen molar-refractivity contribution in [3.05, 3.63) is 32.2 Å². The van der Waals surface area contributed by atoms with Crippen LogP contribution in [-0.4, -0.2) is 0 Å². The molecule has 0 aliphatic carbocycles. The van der Waals surface area contributed by atoms with Crippen molar-refractivity contribution in [1.82, 2.24) is 0 Å². The molecule has 2 heterocycles. The maximum atomic E-state index is 2.46. The Labute approximate surface area is 227 Å². The molecule has 6 heteroatoms. The van der Waals surface area contributed by atoms with E-state index in [0.29, 0.717) is 0 Å². The van der Waals surface area contributed by atoms with Gasteiger partial charge in [0.05, 0.1) is 9.75 Å². The zero-order valence-electron chi connectivity index (χ0n) is 19.5. The molecule has 0 aliphatic heterocycles. The van der Waals surface area contributed by atoms with Crippen molar-refractivity contribution in [3.8, 4) is 0 Å². The second-order valence-corrected chi connectivity index (χ2v) is 9.97. The summed E-state index contributed by atoms with van der Waals surface area (Å²) in [6, 6.07) is 0. The van der Waals surface area contributed by atoms with Crippen molar-refractivity contribution in [1.29, 1.82) is 0 Å². The van der Waals surface area contributed by atoms with Crippen LogP contribution in [0.5, 0.6) is 0 Å². The Morgan fingerprint density at radius 3 is 1.13 bits per heavy atom. The molecule has 0 fully saturated rings. The fourth-order valence-electron chi connectivity index (χ4n) is 4.00. The number of hydrogen-bond acceptors (Lipinski definition) is 2. The van der Waals surface area contributed by atoms with Crippen LogP contribution in [0.15, 0.2) is 11.0 Å². The van der Waals surface area contributed by atoms with Crippen molar-refractivity contribution in [2.24, 2.45) is 0 Å². The van der Waals surface area contributed by atoms with Gasteiger partial charge in [-0.3, -0.25) is 0 Å². The van der Waals surface area contributed by atoms with E-state index >= 15 is 0 Å². The molecule has 30 heavy (non-hydrogen) atoms. The quantitative estimate of drug-likeness (QED) is 0.150. The predicted octanol–water partition coefficient (Wildman–Crippen LogP) is 0.735. The van der Waals surface area contributed by atoms with E-state index in [4.69, 9.17) is 0 Å². The Morgan fingerprint density at radius 1 is 0.567 bits per heavy atom. The normalized spacial score (nSPS) is 10.7. The molecule has 0 amide bonds. The van der Waals surface area contributed by atoms with Gasteiger partial charge < -0.3 is 48.0 Å². The van der Waals surface area contributed by atoms with E-state index in [0.717, 1.165) is 0 Å². The van der Waals surface area contributed by atoms with Gasteiger partial charge in [-0.25, -0.2) is 0 Å². The van der Waals surface area contributed by atoms with Crippen LogP contribution in [-0.2, 0) is 25.9 Å². The van der Waals surface area contributed by atoms with Crippen LogP contribution < -0.4 is 57.1 Å². The summed E-state index contributed by atoms with van der Waals surface area (Å²) in [6.45, 7) is 11.5. The Hall–Kier alpha value is 0.720. The molecule has 2 aromatic rings. The second kappa shape index (κ2) is 18.2. The van der Waals surface area contributed by atoms with Gasteiger partial charge in [-0.15, -0.1) is 0 Å². The largest absolute Gasteiger partial charge is 1.00 e. The van der Waals surface area contributed by atoms with E-state index in [-0.39, 0.29) is 48.0 Å². The van der Waals surface area contributed by atoms with Crippen molar-refractivity contribution in [2.45, 2.75) is 118 Å². The lowest BCUT2D eigenvalue weighted by molar-refractivity contribution is -0.698. The molecule has 2 aromatic heterocycles. The van der Waals surface area contributed by atoms with Gasteiger partial charge in [0.15, 0.2) is 11.4 Å². The standard InChI is InChI=1S/C24H42N2S2.2HI/c1-5-23-21(3)25(19-27-23)17-15-13-11-9-7-8-10-12-14-16-18-26-20-28-24(6-2)22(26)4;;/h19-20H,5-18H2,1-4H3;2*1H/q+2;;/p-2. The fourth-order valence-corrected chi connectivity index (χ4v) is 5.95. The molecular formula is C24H42I2N2S2. The van der Waals surface area contributed by atoms with Crippen LogP contribution in [0.25, 0.3) is 0 Å². The summed E-state index contributed by atoms with van der Waals surface area (Å²) in [4.78, 5) is 3.10. The zero-order chi connectivity index (χ0) is 20.2. The van der Waals surface area contributed by atoms with Crippen molar-refractivity contribution in [2.75, 3.05) is 0 Å². The summed E-state index contributed by atoms with van der Waals surface area (Å²) < 4.78 is 4.92. The van der Waals surface area contributed by atoms with Crippen molar-refractivity contribution in [3.63, 3.8) is 0 Å². The molecular weight excluding hydrogens is 634 g/mol. The average Bonchev–Trinajstić information content (AvgIpc) is 3.24. The van der Waals surface area contributed by atoms with Gasteiger partial charge in [0.1, 0.15) is 13.1 Å². The first-order valence-electron chi connectivity index (χ1n) is 11.6. The van der Waals surface area contributed by atoms with Crippen LogP contribution in [0.2, 0.25) is 0 Å². The van der Waals surface area contributed by atoms with Gasteiger partial charge in [0.2, 0.25) is 11.0 Å². The molecule has 0 unspecified atom stereocenters. The van der Waals surface area contributed by atoms with Gasteiger partial charge in [-0.05, 0) is 25.7 Å². The molecule has 0 spiro atoms. The Morgan fingerprint density at radius 2 is 0.867 bits per heavy atom. The van der Waals surface area contributed by atoms with Crippen LogP contribution in [0.1, 0.15) is 99.2 Å². The number of rotatable bonds is 15. The summed E-state index contributed by atoms with van der Waals surface area (Å²) in [5, 5.41) is 0. The minimum absolute atomic E-state index is 0. The van der Waals surface area contributed by atoms with Crippen LogP contribution in [0.4, 0.5) is 0 Å². The van der Waals surface area contributed by atoms with E-state index in [2.05, 4.69) is 47.9 Å². The monoisotopic (exact) mass is 676 g/mol. The first-order chi connectivity index (χ1) is 13.7. The molecule has 0 N–H and O–H groups in total. The van der Waals surface area contributed by atoms with E-state index in [1.54, 1.807) is 9.75 Å². The van der Waals surface area contributed by atoms with E-state index in [9.17, 15) is 0 Å². The maximum Gasteiger partial charge on any atom is 0.225 e. The van der Waals surface area contributed by atoms with E-state index in [1.807, 2.05) is 22.7 Å². The van der Waals surface area contributed by atoms with Gasteiger partial charge in [0, 0.05) is 26.7 Å². The number of unbranched alkanes of at least 4 members (excludes halogenated alkanes) is 9. The van der Waals surface area contributed by atoms with Crippen LogP contribution >= 0.6 is 22.7 Å². The van der Waals surface area contributed by atoms with Crippen molar-refractivity contribution >= 4 is 22.7 Å². The number of halogens is 2. The first kappa shape index (κ1) is 30.7. The SMILES string of the molecule is CCc1sc[n+](CCCCCCCCCCCC[n+]2csc(CC)c2C)c1C.[I-].[I-]. The molecule has 2 rings (SSSR count). The van der Waals surface area contributed by atoms with Gasteiger partial charge in [-0.2, -0.15) is 9.13 Å².